The molecule has 0 saturated carbocycles. The number of hydrogen-bond acceptors (Lipinski definition) is 4. The van der Waals surface area contributed by atoms with E-state index in [-0.39, 0.29) is 17.5 Å². The number of amides is 1. The lowest BCUT2D eigenvalue weighted by atomic mass is 10.0. The highest BCUT2D eigenvalue weighted by Gasteiger charge is 2.26. The number of para-hydroxylation sites is 1. The largest absolute Gasteiger partial charge is 0.508 e. The lowest BCUT2D eigenvalue weighted by Gasteiger charge is -2.12. The molecule has 146 valence electrons. The number of amidine groups is 1. The third-order valence-electron chi connectivity index (χ3n) is 4.79. The SMILES string of the molecule is CC(=O)N=C(N)c1c(-c2c(C)noc2C)n(-c2ccc(O)cc2)c2ccccc12. The van der Waals surface area contributed by atoms with Gasteiger partial charge in [0.05, 0.1) is 28.0 Å². The van der Waals surface area contributed by atoms with Gasteiger partial charge in [-0.2, -0.15) is 4.99 Å². The highest BCUT2D eigenvalue weighted by atomic mass is 16.5. The van der Waals surface area contributed by atoms with Gasteiger partial charge in [-0.15, -0.1) is 0 Å². The number of rotatable bonds is 3. The van der Waals surface area contributed by atoms with E-state index in [1.54, 1.807) is 12.1 Å². The fourth-order valence-electron chi connectivity index (χ4n) is 3.65. The molecule has 1 amide bonds. The van der Waals surface area contributed by atoms with Crippen LogP contribution in [0, 0.1) is 13.8 Å². The van der Waals surface area contributed by atoms with Gasteiger partial charge in [0.1, 0.15) is 17.3 Å². The van der Waals surface area contributed by atoms with Crippen molar-refractivity contribution in [3.8, 4) is 22.7 Å². The van der Waals surface area contributed by atoms with Gasteiger partial charge < -0.3 is 19.9 Å². The van der Waals surface area contributed by atoms with Gasteiger partial charge in [0, 0.05) is 18.0 Å². The zero-order valence-electron chi connectivity index (χ0n) is 16.3. The van der Waals surface area contributed by atoms with E-state index >= 15 is 0 Å². The van der Waals surface area contributed by atoms with Crippen molar-refractivity contribution in [3.63, 3.8) is 0 Å². The predicted octanol–water partition coefficient (Wildman–Crippen LogP) is 3.86. The first-order chi connectivity index (χ1) is 13.9. The number of aromatic hydroxyl groups is 1. The van der Waals surface area contributed by atoms with E-state index < -0.39 is 0 Å². The molecule has 0 aliphatic carbocycles. The maximum atomic E-state index is 11.7. The van der Waals surface area contributed by atoms with Gasteiger partial charge in [0.15, 0.2) is 0 Å². The van der Waals surface area contributed by atoms with E-state index in [2.05, 4.69) is 10.1 Å². The number of carbonyl (C=O) groups is 1. The topological polar surface area (TPSA) is 107 Å². The summed E-state index contributed by atoms with van der Waals surface area (Å²) >= 11 is 0. The zero-order chi connectivity index (χ0) is 20.7. The van der Waals surface area contributed by atoms with Crippen molar-refractivity contribution in [2.45, 2.75) is 20.8 Å². The third-order valence-corrected chi connectivity index (χ3v) is 4.79. The molecule has 7 nitrogen and oxygen atoms in total. The summed E-state index contributed by atoms with van der Waals surface area (Å²) < 4.78 is 7.43. The summed E-state index contributed by atoms with van der Waals surface area (Å²) in [5.41, 5.74) is 10.9. The molecule has 0 aliphatic rings. The van der Waals surface area contributed by atoms with E-state index in [1.165, 1.54) is 6.92 Å². The Morgan fingerprint density at radius 1 is 1.14 bits per heavy atom. The molecule has 0 saturated heterocycles. The Morgan fingerprint density at radius 3 is 2.45 bits per heavy atom. The zero-order valence-corrected chi connectivity index (χ0v) is 16.3. The third kappa shape index (κ3) is 3.06. The van der Waals surface area contributed by atoms with Crippen molar-refractivity contribution in [1.29, 1.82) is 0 Å². The highest BCUT2D eigenvalue weighted by molar-refractivity contribution is 6.17. The summed E-state index contributed by atoms with van der Waals surface area (Å²) in [4.78, 5) is 15.7. The van der Waals surface area contributed by atoms with Crippen LogP contribution < -0.4 is 5.73 Å². The first-order valence-corrected chi connectivity index (χ1v) is 9.09. The summed E-state index contributed by atoms with van der Waals surface area (Å²) in [6, 6.07) is 14.6. The minimum atomic E-state index is -0.381. The van der Waals surface area contributed by atoms with Crippen molar-refractivity contribution in [1.82, 2.24) is 9.72 Å². The van der Waals surface area contributed by atoms with Crippen molar-refractivity contribution >= 4 is 22.6 Å². The molecule has 7 heteroatoms. The van der Waals surface area contributed by atoms with Gasteiger partial charge in [0.2, 0.25) is 5.91 Å². The van der Waals surface area contributed by atoms with Crippen LogP contribution in [0.25, 0.3) is 27.8 Å². The number of nitrogens with zero attached hydrogens (tertiary/aromatic N) is 3. The Balaban J connectivity index is 2.21. The van der Waals surface area contributed by atoms with Crippen molar-refractivity contribution in [2.24, 2.45) is 10.7 Å². The van der Waals surface area contributed by atoms with Gasteiger partial charge in [0.25, 0.3) is 0 Å². The van der Waals surface area contributed by atoms with Crippen molar-refractivity contribution < 1.29 is 14.4 Å². The molecule has 0 spiro atoms. The first kappa shape index (κ1) is 18.5. The quantitative estimate of drug-likeness (QED) is 0.409. The second kappa shape index (κ2) is 6.94. The number of aromatic nitrogens is 2. The van der Waals surface area contributed by atoms with Crippen LogP contribution in [0.3, 0.4) is 0 Å². The molecule has 0 radical (unpaired) electrons. The number of hydrogen-bond donors (Lipinski definition) is 2. The number of fused-ring (bicyclic) bond motifs is 1. The number of aryl methyl sites for hydroxylation is 2. The molecule has 0 atom stereocenters. The molecular formula is C22H20N4O3. The average Bonchev–Trinajstić information content (AvgIpc) is 3.18. The van der Waals surface area contributed by atoms with E-state index in [0.29, 0.717) is 17.0 Å². The molecule has 0 fully saturated rings. The minimum absolute atomic E-state index is 0.126. The summed E-state index contributed by atoms with van der Waals surface area (Å²) in [7, 11) is 0. The van der Waals surface area contributed by atoms with Crippen LogP contribution in [-0.4, -0.2) is 26.6 Å². The average molecular weight is 388 g/mol. The standard InChI is InChI=1S/C22H20N4O3/c1-12-19(13(2)29-25-12)21-20(22(23)24-14(3)27)17-6-4-5-7-18(17)26(21)15-8-10-16(28)11-9-15/h4-11,28H,1-3H3,(H2,23,24,27). The molecule has 4 rings (SSSR count). The molecule has 29 heavy (non-hydrogen) atoms. The van der Waals surface area contributed by atoms with Crippen LogP contribution in [0.4, 0.5) is 0 Å². The molecular weight excluding hydrogens is 368 g/mol. The van der Waals surface area contributed by atoms with Gasteiger partial charge in [-0.1, -0.05) is 23.4 Å². The summed E-state index contributed by atoms with van der Waals surface area (Å²) in [6.45, 7) is 5.05. The maximum Gasteiger partial charge on any atom is 0.244 e. The number of phenols is 1. The molecule has 2 heterocycles. The summed E-state index contributed by atoms with van der Waals surface area (Å²) in [5, 5.41) is 14.7. The van der Waals surface area contributed by atoms with Crippen LogP contribution in [0.15, 0.2) is 58.0 Å². The maximum absolute atomic E-state index is 11.7. The molecule has 2 aromatic carbocycles. The monoisotopic (exact) mass is 388 g/mol. The molecule has 0 unspecified atom stereocenters. The van der Waals surface area contributed by atoms with Crippen molar-refractivity contribution in [2.75, 3.05) is 0 Å². The fourth-order valence-corrected chi connectivity index (χ4v) is 3.65. The predicted molar refractivity (Wildman–Crippen MR) is 111 cm³/mol. The smallest absolute Gasteiger partial charge is 0.244 e. The van der Waals surface area contributed by atoms with Gasteiger partial charge in [-0.3, -0.25) is 4.79 Å². The Kier molecular flexibility index (Phi) is 4.43. The van der Waals surface area contributed by atoms with Crippen LogP contribution in [-0.2, 0) is 4.79 Å². The number of aliphatic imine (C=N–C) groups is 1. The lowest BCUT2D eigenvalue weighted by molar-refractivity contribution is -0.115. The number of phenolic OH excluding ortho intramolecular Hbond substituents is 1. The van der Waals surface area contributed by atoms with Crippen molar-refractivity contribution in [3.05, 3.63) is 65.5 Å². The van der Waals surface area contributed by atoms with Gasteiger partial charge in [-0.05, 0) is 44.2 Å². The van der Waals surface area contributed by atoms with Crippen LogP contribution >= 0.6 is 0 Å². The Morgan fingerprint density at radius 2 is 1.83 bits per heavy atom. The lowest BCUT2D eigenvalue weighted by Crippen LogP contribution is -2.16. The second-order valence-corrected chi connectivity index (χ2v) is 6.81. The minimum Gasteiger partial charge on any atom is -0.508 e. The van der Waals surface area contributed by atoms with E-state index in [0.717, 1.165) is 27.8 Å². The molecule has 0 bridgehead atoms. The summed E-state index contributed by atoms with van der Waals surface area (Å²) in [5.74, 6) is 0.541. The van der Waals surface area contributed by atoms with Gasteiger partial charge >= 0.3 is 0 Å². The Labute approximate surface area is 167 Å². The van der Waals surface area contributed by atoms with Crippen LogP contribution in [0.5, 0.6) is 5.75 Å². The number of benzene rings is 2. The van der Waals surface area contributed by atoms with Gasteiger partial charge in [-0.25, -0.2) is 0 Å². The Hall–Kier alpha value is -3.87. The molecule has 0 aliphatic heterocycles. The molecule has 2 aromatic heterocycles. The molecule has 3 N–H and O–H groups in total. The normalized spacial score (nSPS) is 11.9. The van der Waals surface area contributed by atoms with E-state index in [4.69, 9.17) is 10.3 Å². The highest BCUT2D eigenvalue weighted by Crippen LogP contribution is 2.39. The van der Waals surface area contributed by atoms with E-state index in [9.17, 15) is 9.90 Å². The Bertz CT molecular complexity index is 1240. The number of carbonyl (C=O) groups excluding carboxylic acids is 1. The number of nitrogens with two attached hydrogens (primary N) is 1. The fraction of sp³-hybridized carbons (Fsp3) is 0.136. The molecule has 4 aromatic rings. The second-order valence-electron chi connectivity index (χ2n) is 6.81. The first-order valence-electron chi connectivity index (χ1n) is 9.09. The van der Waals surface area contributed by atoms with Crippen LogP contribution in [0.1, 0.15) is 23.9 Å². The van der Waals surface area contributed by atoms with E-state index in [1.807, 2.05) is 54.8 Å². The van der Waals surface area contributed by atoms with Crippen LogP contribution in [0.2, 0.25) is 0 Å². The summed E-state index contributed by atoms with van der Waals surface area (Å²) in [6.07, 6.45) is 0.